The number of rotatable bonds is 8. The third kappa shape index (κ3) is 23.7. The van der Waals surface area contributed by atoms with Crippen molar-refractivity contribution in [1.29, 1.82) is 0 Å². The molecule has 0 N–H and O–H groups in total. The van der Waals surface area contributed by atoms with Crippen LogP contribution >= 0.6 is 82.6 Å². The second-order valence-electron chi connectivity index (χ2n) is 28.9. The van der Waals surface area contributed by atoms with Crippen LogP contribution in [0.4, 0.5) is 9.59 Å². The van der Waals surface area contributed by atoms with Crippen molar-refractivity contribution in [3.63, 3.8) is 0 Å². The Morgan fingerprint density at radius 1 is 0.475 bits per heavy atom. The van der Waals surface area contributed by atoms with Gasteiger partial charge in [0.05, 0.1) is 65.6 Å². The number of hydrogen-bond donors (Lipinski definition) is 0. The summed E-state index contributed by atoms with van der Waals surface area (Å²) in [5.74, 6) is -0.376. The maximum Gasteiger partial charge on any atom is 0.494 e. The smallest absolute Gasteiger partial charge is 0.444 e. The van der Waals surface area contributed by atoms with E-state index in [1.165, 1.54) is 14.7 Å². The van der Waals surface area contributed by atoms with Crippen LogP contribution in [0.5, 0.6) is 0 Å². The van der Waals surface area contributed by atoms with Gasteiger partial charge in [0.2, 0.25) is 0 Å². The van der Waals surface area contributed by atoms with E-state index < -0.39 is 29.5 Å². The first-order valence-electron chi connectivity index (χ1n) is 32.7. The zero-order valence-electron chi connectivity index (χ0n) is 61.3. The predicted molar refractivity (Wildman–Crippen MR) is 415 cm³/mol. The van der Waals surface area contributed by atoms with Gasteiger partial charge in [0.15, 0.2) is 0 Å². The minimum absolute atomic E-state index is 0.112. The SMILES string of the molecule is Brc1ccnc(Br)c1.CC(C)(C)OC(=O)N1CC=C(B2OC(C)(C)C(C)(C)O2)CC1.CN(C)C(=O)c1ccc(-c2cc(Br)ccn2)cc1Cl.CN(C)C(=O)c1ccc(-c2cc(C3=CCN(C(=O)OC(C)(C)C)CC3)ccn2)cc1Cl.CN(C)C(=O)c1ccc(B2OC(C)(C)C(C)(C)O2)cc1Cl. The second-order valence-corrected chi connectivity index (χ2v) is 32.7. The molecule has 6 aromatic rings. The Morgan fingerprint density at radius 3 is 1.22 bits per heavy atom. The summed E-state index contributed by atoms with van der Waals surface area (Å²) in [4.78, 5) is 81.0. The predicted octanol–water partition coefficient (Wildman–Crippen LogP) is 17.1. The summed E-state index contributed by atoms with van der Waals surface area (Å²) in [7, 11) is 9.38. The molecule has 2 fully saturated rings. The van der Waals surface area contributed by atoms with Gasteiger partial charge in [-0.25, -0.2) is 14.6 Å². The Balaban J connectivity index is 0.000000207. The average molecular weight is 1640 g/mol. The van der Waals surface area contributed by atoms with Gasteiger partial charge in [0.1, 0.15) is 15.8 Å². The Bertz CT molecular complexity index is 3980. The minimum Gasteiger partial charge on any atom is -0.444 e. The van der Waals surface area contributed by atoms with E-state index in [9.17, 15) is 24.0 Å². The average Bonchev–Trinajstić information content (AvgIpc) is 1.64. The molecule has 3 aromatic heterocycles. The van der Waals surface area contributed by atoms with Gasteiger partial charge in [-0.2, -0.15) is 0 Å². The van der Waals surface area contributed by atoms with E-state index in [1.54, 1.807) is 107 Å². The first-order chi connectivity index (χ1) is 46.8. The van der Waals surface area contributed by atoms with Crippen LogP contribution in [0.2, 0.25) is 15.1 Å². The van der Waals surface area contributed by atoms with Crippen LogP contribution < -0.4 is 5.46 Å². The lowest BCUT2D eigenvalue weighted by Crippen LogP contribution is -2.41. The van der Waals surface area contributed by atoms with Crippen molar-refractivity contribution >= 4 is 138 Å². The van der Waals surface area contributed by atoms with Gasteiger partial charge >= 0.3 is 26.4 Å². The van der Waals surface area contributed by atoms with Crippen molar-refractivity contribution in [2.75, 3.05) is 68.5 Å². The van der Waals surface area contributed by atoms with E-state index in [4.69, 9.17) is 62.9 Å². The summed E-state index contributed by atoms with van der Waals surface area (Å²) < 4.78 is 37.8. The maximum absolute atomic E-state index is 12.3. The number of carbonyl (C=O) groups excluding carboxylic acids is 5. The molecule has 19 nitrogen and oxygen atoms in total. The molecule has 7 heterocycles. The molecule has 10 rings (SSSR count). The van der Waals surface area contributed by atoms with Gasteiger partial charge in [-0.05, 0) is 221 Å². The molecule has 5 amide bonds. The highest BCUT2D eigenvalue weighted by atomic mass is 79.9. The Labute approximate surface area is 637 Å². The van der Waals surface area contributed by atoms with Crippen molar-refractivity contribution in [3.8, 4) is 22.5 Å². The summed E-state index contributed by atoms with van der Waals surface area (Å²) in [5, 5.41) is 1.23. The van der Waals surface area contributed by atoms with E-state index in [0.29, 0.717) is 57.9 Å². The number of nitrogens with zero attached hydrogens (tertiary/aromatic N) is 8. The molecule has 2 saturated heterocycles. The van der Waals surface area contributed by atoms with Crippen LogP contribution in [0.1, 0.15) is 146 Å². The van der Waals surface area contributed by atoms with Gasteiger partial charge in [0.25, 0.3) is 17.7 Å². The largest absolute Gasteiger partial charge is 0.494 e. The number of amides is 5. The standard InChI is InChI=1S/C24H28ClN3O3.C16H28BNO4.C15H21BClNO3.C14H12BrClN2O.C5H3Br2N/c1-24(2,3)31-23(30)28-12-9-16(10-13-28)17-8-11-26-21(15-17)18-6-7-19(20(25)14-18)22(29)27(4)5;1-14(2,3)20-13(19)18-10-8-12(9-11-18)17-21-15(4,5)16(6,7)22-17;1-14(2)15(3,4)21-16(20-14)10-7-8-11(12(17)9-10)13(19)18(5)6;1-18(2)14(19)11-4-3-9(7-12(11)16)13-8-10(15)5-6-17-13;6-4-1-2-8-5(7)3-4/h6-9,11,14-15H,10,12-13H2,1-5H3;8H,9-11H2,1-7H3;7-9H,1-6H3;3-8H,1-2H3;1-3H. The molecule has 0 unspecified atom stereocenters. The van der Waals surface area contributed by atoms with Crippen LogP contribution in [0, 0.1) is 0 Å². The van der Waals surface area contributed by atoms with Crippen molar-refractivity contribution in [3.05, 3.63) is 178 Å². The molecule has 0 saturated carbocycles. The lowest BCUT2D eigenvalue weighted by Gasteiger charge is -2.32. The van der Waals surface area contributed by atoms with Crippen molar-refractivity contribution in [2.45, 2.75) is 143 Å². The molecule has 542 valence electrons. The van der Waals surface area contributed by atoms with Crippen LogP contribution in [-0.4, -0.2) is 186 Å². The second kappa shape index (κ2) is 35.1. The Morgan fingerprint density at radius 2 is 0.861 bits per heavy atom. The number of carbonyl (C=O) groups is 5. The lowest BCUT2D eigenvalue weighted by atomic mass is 9.75. The maximum atomic E-state index is 12.3. The lowest BCUT2D eigenvalue weighted by molar-refractivity contribution is 0.00578. The summed E-state index contributed by atoms with van der Waals surface area (Å²) in [6.45, 7) is 29.7. The Kier molecular flexibility index (Phi) is 29.1. The fourth-order valence-corrected chi connectivity index (χ4v) is 11.9. The third-order valence-electron chi connectivity index (χ3n) is 16.8. The highest BCUT2D eigenvalue weighted by Crippen LogP contribution is 2.41. The number of benzene rings is 3. The third-order valence-corrected chi connectivity index (χ3v) is 19.2. The quantitative estimate of drug-likeness (QED) is 0.103. The molecule has 0 aliphatic carbocycles. The topological polar surface area (TPSA) is 196 Å². The molecule has 0 atom stereocenters. The first kappa shape index (κ1) is 83.8. The van der Waals surface area contributed by atoms with E-state index >= 15 is 0 Å². The van der Waals surface area contributed by atoms with E-state index in [1.807, 2.05) is 158 Å². The fraction of sp³-hybridized carbons (Fsp3) is 0.432. The van der Waals surface area contributed by atoms with Crippen molar-refractivity contribution in [1.82, 2.24) is 39.5 Å². The van der Waals surface area contributed by atoms with Gasteiger partial charge < -0.3 is 52.6 Å². The number of hydrogen-bond acceptors (Lipinski definition) is 14. The number of pyridine rings is 3. The minimum atomic E-state index is -0.505. The van der Waals surface area contributed by atoms with Crippen LogP contribution in [0.25, 0.3) is 28.1 Å². The number of ether oxygens (including phenoxy) is 2. The molecule has 0 radical (unpaired) electrons. The fourth-order valence-electron chi connectivity index (χ4n) is 9.79. The van der Waals surface area contributed by atoms with Gasteiger partial charge in [0, 0.05) is 107 Å². The summed E-state index contributed by atoms with van der Waals surface area (Å²) in [5.41, 5.74) is 6.43. The number of halogens is 6. The summed E-state index contributed by atoms with van der Waals surface area (Å²) in [6.07, 6.45) is 10.2. The number of aromatic nitrogens is 3. The molecular weight excluding hydrogens is 1540 g/mol. The van der Waals surface area contributed by atoms with Crippen LogP contribution in [0.3, 0.4) is 0 Å². The Hall–Kier alpha value is -6.18. The zero-order valence-corrected chi connectivity index (χ0v) is 68.3. The molecule has 0 spiro atoms. The molecule has 4 aliphatic heterocycles. The molecule has 27 heteroatoms. The molecule has 3 aromatic carbocycles. The van der Waals surface area contributed by atoms with Crippen LogP contribution in [-0.2, 0) is 28.1 Å². The van der Waals surface area contributed by atoms with Crippen LogP contribution in [0.15, 0.2) is 141 Å². The zero-order chi connectivity index (χ0) is 75.5. The van der Waals surface area contributed by atoms with Crippen molar-refractivity contribution in [2.24, 2.45) is 0 Å². The molecular formula is C74H92B2Br3Cl3N8O11. The van der Waals surface area contributed by atoms with Gasteiger partial charge in [-0.3, -0.25) is 24.4 Å². The molecule has 4 aliphatic rings. The molecule has 0 bridgehead atoms. The van der Waals surface area contributed by atoms with Crippen molar-refractivity contribution < 1.29 is 52.1 Å². The summed E-state index contributed by atoms with van der Waals surface area (Å²) in [6, 6.07) is 27.4. The van der Waals surface area contributed by atoms with E-state index in [0.717, 1.165) is 71.0 Å². The van der Waals surface area contributed by atoms with E-state index in [-0.39, 0.29) is 48.2 Å². The van der Waals surface area contributed by atoms with Gasteiger partial charge in [-0.15, -0.1) is 0 Å². The molecule has 101 heavy (non-hydrogen) atoms. The normalized spacial score (nSPS) is 16.4. The highest BCUT2D eigenvalue weighted by Gasteiger charge is 2.53. The summed E-state index contributed by atoms with van der Waals surface area (Å²) >= 11 is 28.7. The van der Waals surface area contributed by atoms with Gasteiger partial charge in [-0.1, -0.05) is 97.0 Å². The first-order valence-corrected chi connectivity index (χ1v) is 36.2. The monoisotopic (exact) mass is 1630 g/mol. The highest BCUT2D eigenvalue weighted by molar-refractivity contribution is 9.11. The van der Waals surface area contributed by atoms with E-state index in [2.05, 4.69) is 68.8 Å².